The van der Waals surface area contributed by atoms with E-state index in [-0.39, 0.29) is 12.1 Å². The van der Waals surface area contributed by atoms with Crippen molar-refractivity contribution in [2.24, 2.45) is 13.7 Å². The Kier molecular flexibility index (Phi) is 15.4. The molecule has 59 heavy (non-hydrogen) atoms. The maximum absolute atomic E-state index is 12.4. The number of nitrogens with one attached hydrogen (secondary N) is 2. The Balaban J connectivity index is 0.000000207. The second-order valence-electron chi connectivity index (χ2n) is 14.4. The number of benzene rings is 2. The van der Waals surface area contributed by atoms with Crippen LogP contribution in [0.2, 0.25) is 0 Å². The maximum atomic E-state index is 12.4. The first-order valence-electron chi connectivity index (χ1n) is 18.9. The second kappa shape index (κ2) is 20.2. The zero-order chi connectivity index (χ0) is 42.7. The lowest BCUT2D eigenvalue weighted by atomic mass is 10.2. The van der Waals surface area contributed by atoms with Crippen molar-refractivity contribution in [2.45, 2.75) is 25.9 Å². The van der Waals surface area contributed by atoms with Crippen LogP contribution in [0.5, 0.6) is 0 Å². The van der Waals surface area contributed by atoms with Crippen molar-refractivity contribution in [1.82, 2.24) is 19.5 Å². The summed E-state index contributed by atoms with van der Waals surface area (Å²) in [4.78, 5) is 21.7. The Morgan fingerprint density at radius 3 is 1.90 bits per heavy atom. The van der Waals surface area contributed by atoms with E-state index in [0.29, 0.717) is 61.3 Å². The highest BCUT2D eigenvalue weighted by molar-refractivity contribution is 7.92. The van der Waals surface area contributed by atoms with Gasteiger partial charge in [0, 0.05) is 119 Å². The van der Waals surface area contributed by atoms with E-state index in [1.54, 1.807) is 32.1 Å². The van der Waals surface area contributed by atoms with E-state index in [9.17, 15) is 8.42 Å². The fourth-order valence-electron chi connectivity index (χ4n) is 6.44. The molecule has 2 aromatic carbocycles. The number of imidazole rings is 1. The minimum absolute atomic E-state index is 0.225. The molecule has 3 aromatic heterocycles. The van der Waals surface area contributed by atoms with Crippen LogP contribution in [0, 0.1) is 0 Å². The van der Waals surface area contributed by atoms with Crippen LogP contribution >= 0.6 is 12.2 Å². The van der Waals surface area contributed by atoms with Crippen molar-refractivity contribution in [1.29, 1.82) is 0 Å². The summed E-state index contributed by atoms with van der Waals surface area (Å²) >= 11 is 4.14. The number of rotatable bonds is 8. The van der Waals surface area contributed by atoms with Crippen LogP contribution in [0.15, 0.2) is 86.5 Å². The van der Waals surface area contributed by atoms with Crippen LogP contribution in [0.1, 0.15) is 13.8 Å². The number of hydrogen-bond donors (Lipinski definition) is 3. The minimum atomic E-state index is -2.35. The first-order valence-corrected chi connectivity index (χ1v) is 24.0. The molecule has 16 nitrogen and oxygen atoms in total. The van der Waals surface area contributed by atoms with Crippen LogP contribution < -0.4 is 26.2 Å². The number of aliphatic imine (C=N–C) groups is 1. The first-order chi connectivity index (χ1) is 28.1. The summed E-state index contributed by atoms with van der Waals surface area (Å²) in [5.74, 6) is 2.87. The molecule has 5 aromatic rings. The molecule has 2 saturated heterocycles. The Labute approximate surface area is 353 Å². The fourth-order valence-corrected chi connectivity index (χ4v) is 7.53. The standard InChI is InChI=1S/C20H26N6O2S.C18H25N5O2S.C2H3NS/c1-14-13-28-10-9-25(14)15-11-18(24-29(3,4)27)23-19(12-15)26-17-8-6-5-7-16(17)22-20(26)21-2;1-13-12-25-9-8-23(13)14-10-17(20-16-7-5-4-6-15(16)19)21-18(11-14)22-26(2,3)24;1-3-2-4/h5-8,11-12,14H,9-10,13H2,1-4H3,(H,21,22);4-7,10-11,13H,8-9,12,19H2,1-3H3,(H,20,21);1H3/t14-;13-;/m11./s1. The van der Waals surface area contributed by atoms with Crippen molar-refractivity contribution < 1.29 is 17.9 Å². The first kappa shape index (κ1) is 44.9. The highest BCUT2D eigenvalue weighted by Crippen LogP contribution is 2.32. The number of nitrogens with zero attached hydrogens (tertiary/aromatic N) is 9. The molecule has 0 aliphatic carbocycles. The van der Waals surface area contributed by atoms with E-state index in [4.69, 9.17) is 20.2 Å². The normalized spacial score (nSPS) is 16.7. The number of nitrogen functional groups attached to an aromatic ring is 1. The van der Waals surface area contributed by atoms with Gasteiger partial charge < -0.3 is 35.6 Å². The zero-order valence-corrected chi connectivity index (χ0v) is 37.2. The summed E-state index contributed by atoms with van der Waals surface area (Å²) in [7, 11) is -1.25. The summed E-state index contributed by atoms with van der Waals surface area (Å²) in [5.41, 5.74) is 11.2. The van der Waals surface area contributed by atoms with Gasteiger partial charge in [0.2, 0.25) is 5.95 Å². The van der Waals surface area contributed by atoms with Gasteiger partial charge in [-0.25, -0.2) is 28.4 Å². The van der Waals surface area contributed by atoms with Gasteiger partial charge in [0.05, 0.1) is 54.0 Å². The van der Waals surface area contributed by atoms with Crippen molar-refractivity contribution in [2.75, 3.05) is 105 Å². The number of isothiocyanates is 1. The minimum Gasteiger partial charge on any atom is -0.397 e. The predicted octanol–water partition coefficient (Wildman–Crippen LogP) is 6.76. The third-order valence-electron chi connectivity index (χ3n) is 8.93. The molecule has 2 atom stereocenters. The molecule has 19 heteroatoms. The van der Waals surface area contributed by atoms with Crippen LogP contribution in [0.4, 0.5) is 46.2 Å². The summed E-state index contributed by atoms with van der Waals surface area (Å²) in [6.45, 7) is 8.48. The number of aromatic nitrogens is 4. The largest absolute Gasteiger partial charge is 0.397 e. The van der Waals surface area contributed by atoms with Gasteiger partial charge in [0.15, 0.2) is 11.6 Å². The molecule has 0 spiro atoms. The molecule has 0 unspecified atom stereocenters. The van der Waals surface area contributed by atoms with E-state index in [2.05, 4.69) is 75.3 Å². The lowest BCUT2D eigenvalue weighted by molar-refractivity contribution is 0.0989. The van der Waals surface area contributed by atoms with Crippen molar-refractivity contribution in [3.63, 3.8) is 0 Å². The number of thiocarbonyl (C=S) groups is 1. The van der Waals surface area contributed by atoms with E-state index in [1.165, 1.54) is 0 Å². The highest BCUT2D eigenvalue weighted by Gasteiger charge is 2.23. The molecule has 2 aliphatic heterocycles. The highest BCUT2D eigenvalue weighted by atomic mass is 32.2. The average Bonchev–Trinajstić information content (AvgIpc) is 3.57. The third kappa shape index (κ3) is 12.7. The van der Waals surface area contributed by atoms with E-state index in [1.807, 2.05) is 84.4 Å². The molecule has 0 radical (unpaired) electrons. The molecule has 4 N–H and O–H groups in total. The van der Waals surface area contributed by atoms with E-state index >= 15 is 0 Å². The van der Waals surface area contributed by atoms with Crippen LogP contribution in [0.3, 0.4) is 0 Å². The average molecular weight is 863 g/mol. The van der Waals surface area contributed by atoms with Gasteiger partial charge in [-0.05, 0) is 50.3 Å². The Morgan fingerprint density at radius 2 is 1.36 bits per heavy atom. The Morgan fingerprint density at radius 1 is 0.814 bits per heavy atom. The van der Waals surface area contributed by atoms with Crippen molar-refractivity contribution >= 4 is 94.0 Å². The number of ether oxygens (including phenoxy) is 2. The van der Waals surface area contributed by atoms with E-state index < -0.39 is 19.5 Å². The molecule has 0 amide bonds. The quantitative estimate of drug-likeness (QED) is 0.0844. The number of para-hydroxylation sites is 4. The topological polar surface area (TPSA) is 190 Å². The second-order valence-corrected chi connectivity index (χ2v) is 19.7. The Bertz CT molecular complexity index is 2530. The molecular weight excluding hydrogens is 809 g/mol. The van der Waals surface area contributed by atoms with Crippen molar-refractivity contribution in [3.05, 3.63) is 72.8 Å². The lowest BCUT2D eigenvalue weighted by Crippen LogP contribution is -2.43. The van der Waals surface area contributed by atoms with Gasteiger partial charge in [0.1, 0.15) is 11.6 Å². The SMILES string of the molecule is CN=C=S.CNc1nc2ccccc2n1-c1cc(N2CCOC[C@H]2C)cc(N=S(C)(C)=O)n1.C[C@@H]1COCCN1c1cc(N=S(C)(C)=O)nc(Nc2ccccc2N)c1. The van der Waals surface area contributed by atoms with Crippen LogP contribution in [0.25, 0.3) is 16.9 Å². The number of morpholine rings is 2. The summed E-state index contributed by atoms with van der Waals surface area (Å²) in [5, 5.41) is 8.53. The summed E-state index contributed by atoms with van der Waals surface area (Å²) in [6.07, 6.45) is 6.43. The van der Waals surface area contributed by atoms with Gasteiger partial charge in [-0.1, -0.05) is 24.3 Å². The van der Waals surface area contributed by atoms with Crippen LogP contribution in [-0.2, 0) is 28.9 Å². The van der Waals surface area contributed by atoms with Crippen LogP contribution in [-0.4, -0.2) is 124 Å². The van der Waals surface area contributed by atoms with Gasteiger partial charge in [-0.2, -0.15) is 8.73 Å². The van der Waals surface area contributed by atoms with Gasteiger partial charge >= 0.3 is 0 Å². The molecule has 0 bridgehead atoms. The molecule has 316 valence electrons. The molecular formula is C40H54N12O4S3. The molecule has 7 rings (SSSR count). The maximum Gasteiger partial charge on any atom is 0.209 e. The van der Waals surface area contributed by atoms with Gasteiger partial charge in [0.25, 0.3) is 0 Å². The monoisotopic (exact) mass is 862 g/mol. The third-order valence-corrected chi connectivity index (χ3v) is 10.4. The zero-order valence-electron chi connectivity index (χ0n) is 34.8. The number of pyridine rings is 2. The lowest BCUT2D eigenvalue weighted by Gasteiger charge is -2.35. The molecule has 0 saturated carbocycles. The van der Waals surface area contributed by atoms with E-state index in [0.717, 1.165) is 41.2 Å². The Hall–Kier alpha value is -5.17. The summed E-state index contributed by atoms with van der Waals surface area (Å²) < 4.78 is 46.3. The molecule has 2 fully saturated rings. The van der Waals surface area contributed by atoms with Gasteiger partial charge in [-0.15, -0.1) is 0 Å². The smallest absolute Gasteiger partial charge is 0.209 e. The number of fused-ring (bicyclic) bond motifs is 1. The number of anilines is 6. The molecule has 5 heterocycles. The summed E-state index contributed by atoms with van der Waals surface area (Å²) in [6, 6.07) is 23.6. The van der Waals surface area contributed by atoms with Gasteiger partial charge in [-0.3, -0.25) is 4.57 Å². The molecule has 2 aliphatic rings. The predicted molar refractivity (Wildman–Crippen MR) is 247 cm³/mol. The fraction of sp³-hybridized carbons (Fsp3) is 0.400. The van der Waals surface area contributed by atoms with Crippen molar-refractivity contribution in [3.8, 4) is 5.82 Å². The number of hydrogen-bond acceptors (Lipinski definition) is 16. The number of nitrogens with two attached hydrogens (primary N) is 1.